The first-order chi connectivity index (χ1) is 9.65. The minimum Gasteiger partial charge on any atom is -0.459 e. The number of amides is 2. The molecule has 0 aromatic carbocycles. The van der Waals surface area contributed by atoms with Crippen LogP contribution in [0.2, 0.25) is 0 Å². The van der Waals surface area contributed by atoms with Crippen LogP contribution < -0.4 is 5.32 Å². The Hall–Kier alpha value is -2.57. The molecule has 1 aliphatic heterocycles. The molecule has 7 nitrogen and oxygen atoms in total. The standard InChI is InChI=1S/C13H14N4O3/c1-8(18)17-6-9-10(15-16-11(9)7-17)5-14-13(19)12-3-2-4-20-12/h2-4H,5-7H2,1H3,(H,14,19)(H,15,16). The van der Waals surface area contributed by atoms with Gasteiger partial charge in [0, 0.05) is 19.0 Å². The van der Waals surface area contributed by atoms with Crippen molar-refractivity contribution >= 4 is 11.8 Å². The summed E-state index contributed by atoms with van der Waals surface area (Å²) in [6.45, 7) is 2.92. The van der Waals surface area contributed by atoms with Crippen molar-refractivity contribution in [2.45, 2.75) is 26.6 Å². The lowest BCUT2D eigenvalue weighted by molar-refractivity contribution is -0.129. The van der Waals surface area contributed by atoms with Gasteiger partial charge in [0.2, 0.25) is 5.91 Å². The van der Waals surface area contributed by atoms with Gasteiger partial charge in [0.15, 0.2) is 5.76 Å². The van der Waals surface area contributed by atoms with Crippen LogP contribution in [0.1, 0.15) is 34.4 Å². The van der Waals surface area contributed by atoms with Gasteiger partial charge in [-0.05, 0) is 12.1 Å². The van der Waals surface area contributed by atoms with Crippen molar-refractivity contribution in [2.24, 2.45) is 0 Å². The summed E-state index contributed by atoms with van der Waals surface area (Å²) < 4.78 is 5.01. The number of nitrogens with zero attached hydrogens (tertiary/aromatic N) is 2. The fourth-order valence-corrected chi connectivity index (χ4v) is 2.23. The molecule has 3 heterocycles. The van der Waals surface area contributed by atoms with Gasteiger partial charge in [0.05, 0.1) is 30.7 Å². The number of H-pyrrole nitrogens is 1. The van der Waals surface area contributed by atoms with E-state index < -0.39 is 0 Å². The molecule has 2 aromatic heterocycles. The molecule has 0 unspecified atom stereocenters. The normalized spacial score (nSPS) is 13.3. The number of furan rings is 1. The first-order valence-electron chi connectivity index (χ1n) is 6.27. The quantitative estimate of drug-likeness (QED) is 0.865. The summed E-state index contributed by atoms with van der Waals surface area (Å²) in [5.41, 5.74) is 2.67. The van der Waals surface area contributed by atoms with Crippen molar-refractivity contribution in [1.82, 2.24) is 20.4 Å². The molecule has 0 atom stereocenters. The summed E-state index contributed by atoms with van der Waals surface area (Å²) in [5, 5.41) is 9.83. The highest BCUT2D eigenvalue weighted by Gasteiger charge is 2.26. The topological polar surface area (TPSA) is 91.2 Å². The van der Waals surface area contributed by atoms with Crippen molar-refractivity contribution < 1.29 is 14.0 Å². The monoisotopic (exact) mass is 274 g/mol. The van der Waals surface area contributed by atoms with Crippen LogP contribution in [-0.2, 0) is 24.4 Å². The van der Waals surface area contributed by atoms with Gasteiger partial charge >= 0.3 is 0 Å². The number of fused-ring (bicyclic) bond motifs is 1. The molecule has 2 N–H and O–H groups in total. The first-order valence-corrected chi connectivity index (χ1v) is 6.27. The Morgan fingerprint density at radius 3 is 3.05 bits per heavy atom. The molecule has 0 fully saturated rings. The van der Waals surface area contributed by atoms with Gasteiger partial charge in [-0.25, -0.2) is 0 Å². The molecule has 3 rings (SSSR count). The van der Waals surface area contributed by atoms with Crippen molar-refractivity contribution in [2.75, 3.05) is 0 Å². The minimum absolute atomic E-state index is 0.0279. The van der Waals surface area contributed by atoms with Crippen LogP contribution in [0.3, 0.4) is 0 Å². The molecule has 0 radical (unpaired) electrons. The molecule has 7 heteroatoms. The van der Waals surface area contributed by atoms with E-state index in [2.05, 4.69) is 15.5 Å². The van der Waals surface area contributed by atoms with E-state index in [0.29, 0.717) is 19.6 Å². The zero-order valence-electron chi connectivity index (χ0n) is 11.0. The van der Waals surface area contributed by atoms with Crippen molar-refractivity contribution in [1.29, 1.82) is 0 Å². The van der Waals surface area contributed by atoms with Crippen LogP contribution >= 0.6 is 0 Å². The van der Waals surface area contributed by atoms with E-state index in [9.17, 15) is 9.59 Å². The average Bonchev–Trinajstić information content (AvgIpc) is 3.12. The van der Waals surface area contributed by atoms with Crippen LogP contribution in [0.25, 0.3) is 0 Å². The lowest BCUT2D eigenvalue weighted by Crippen LogP contribution is -2.25. The maximum absolute atomic E-state index is 11.8. The summed E-state index contributed by atoms with van der Waals surface area (Å²) >= 11 is 0. The predicted octanol–water partition coefficient (Wildman–Crippen LogP) is 0.795. The van der Waals surface area contributed by atoms with Crippen LogP contribution in [0.15, 0.2) is 22.8 Å². The SMILES string of the molecule is CC(=O)N1Cc2[nH]nc(CNC(=O)c3ccco3)c2C1. The highest BCUT2D eigenvalue weighted by Crippen LogP contribution is 2.23. The Balaban J connectivity index is 1.66. The Morgan fingerprint density at radius 1 is 1.50 bits per heavy atom. The molecule has 104 valence electrons. The fraction of sp³-hybridized carbons (Fsp3) is 0.308. The van der Waals surface area contributed by atoms with Crippen LogP contribution in [0, 0.1) is 0 Å². The Bertz CT molecular complexity index is 645. The molecule has 0 aliphatic carbocycles. The zero-order chi connectivity index (χ0) is 14.1. The van der Waals surface area contributed by atoms with Gasteiger partial charge < -0.3 is 14.6 Å². The number of carbonyl (C=O) groups is 2. The summed E-state index contributed by atoms with van der Waals surface area (Å²) in [6.07, 6.45) is 1.45. The average molecular weight is 274 g/mol. The molecule has 0 spiro atoms. The second-order valence-corrected chi connectivity index (χ2v) is 4.66. The predicted molar refractivity (Wildman–Crippen MR) is 68.4 cm³/mol. The van der Waals surface area contributed by atoms with Gasteiger partial charge in [-0.1, -0.05) is 0 Å². The molecule has 2 aromatic rings. The molecule has 2 amide bonds. The Kier molecular flexibility index (Phi) is 3.02. The molecular formula is C13H14N4O3. The van der Waals surface area contributed by atoms with Crippen molar-refractivity contribution in [3.05, 3.63) is 41.1 Å². The van der Waals surface area contributed by atoms with E-state index in [1.807, 2.05) is 0 Å². The van der Waals surface area contributed by atoms with Crippen molar-refractivity contribution in [3.63, 3.8) is 0 Å². The van der Waals surface area contributed by atoms with Gasteiger partial charge in [0.25, 0.3) is 5.91 Å². The second-order valence-electron chi connectivity index (χ2n) is 4.66. The van der Waals surface area contributed by atoms with Gasteiger partial charge in [-0.15, -0.1) is 0 Å². The van der Waals surface area contributed by atoms with E-state index in [-0.39, 0.29) is 17.6 Å². The molecule has 0 saturated heterocycles. The number of carbonyl (C=O) groups excluding carboxylic acids is 2. The second kappa shape index (κ2) is 4.84. The number of aromatic nitrogens is 2. The van der Waals surface area contributed by atoms with E-state index in [0.717, 1.165) is 17.0 Å². The van der Waals surface area contributed by atoms with Gasteiger partial charge in [-0.3, -0.25) is 14.7 Å². The molecule has 0 saturated carbocycles. The number of hydrogen-bond acceptors (Lipinski definition) is 4. The molecule has 1 aliphatic rings. The summed E-state index contributed by atoms with van der Waals surface area (Å²) in [4.78, 5) is 24.8. The Morgan fingerprint density at radius 2 is 2.35 bits per heavy atom. The lowest BCUT2D eigenvalue weighted by atomic mass is 10.2. The molecular weight excluding hydrogens is 260 g/mol. The Labute approximate surface area is 114 Å². The first kappa shape index (κ1) is 12.5. The lowest BCUT2D eigenvalue weighted by Gasteiger charge is -2.12. The fourth-order valence-electron chi connectivity index (χ4n) is 2.23. The highest BCUT2D eigenvalue weighted by molar-refractivity contribution is 5.91. The largest absolute Gasteiger partial charge is 0.459 e. The minimum atomic E-state index is -0.284. The van der Waals surface area contributed by atoms with Crippen LogP contribution in [0.5, 0.6) is 0 Å². The summed E-state index contributed by atoms with van der Waals surface area (Å²) in [7, 11) is 0. The number of rotatable bonds is 3. The number of aromatic amines is 1. The number of nitrogens with one attached hydrogen (secondary N) is 2. The highest BCUT2D eigenvalue weighted by atomic mass is 16.3. The van der Waals surface area contributed by atoms with E-state index in [1.54, 1.807) is 17.0 Å². The van der Waals surface area contributed by atoms with E-state index >= 15 is 0 Å². The van der Waals surface area contributed by atoms with Crippen LogP contribution in [0.4, 0.5) is 0 Å². The third-order valence-electron chi connectivity index (χ3n) is 3.34. The molecule has 20 heavy (non-hydrogen) atoms. The van der Waals surface area contributed by atoms with Gasteiger partial charge in [0.1, 0.15) is 0 Å². The smallest absolute Gasteiger partial charge is 0.287 e. The third kappa shape index (κ3) is 2.18. The summed E-state index contributed by atoms with van der Waals surface area (Å²) in [6, 6.07) is 3.26. The maximum Gasteiger partial charge on any atom is 0.287 e. The van der Waals surface area contributed by atoms with E-state index in [1.165, 1.54) is 13.2 Å². The van der Waals surface area contributed by atoms with Crippen molar-refractivity contribution in [3.8, 4) is 0 Å². The number of hydrogen-bond donors (Lipinski definition) is 2. The molecule has 0 bridgehead atoms. The van der Waals surface area contributed by atoms with Crippen LogP contribution in [-0.4, -0.2) is 26.9 Å². The third-order valence-corrected chi connectivity index (χ3v) is 3.34. The van der Waals surface area contributed by atoms with E-state index in [4.69, 9.17) is 4.42 Å². The maximum atomic E-state index is 11.8. The summed E-state index contributed by atoms with van der Waals surface area (Å²) in [5.74, 6) is 0.0101. The van der Waals surface area contributed by atoms with Gasteiger partial charge in [-0.2, -0.15) is 5.10 Å². The zero-order valence-corrected chi connectivity index (χ0v) is 11.0.